The summed E-state index contributed by atoms with van der Waals surface area (Å²) >= 11 is 0. The largest absolute Gasteiger partial charge is 0.456 e. The Bertz CT molecular complexity index is 2760. The van der Waals surface area contributed by atoms with E-state index in [4.69, 9.17) is 8.83 Å². The number of hydrogen-bond acceptors (Lipinski definition) is 2. The van der Waals surface area contributed by atoms with Crippen LogP contribution in [0.2, 0.25) is 0 Å². The van der Waals surface area contributed by atoms with Gasteiger partial charge in [0.25, 0.3) is 0 Å². The summed E-state index contributed by atoms with van der Waals surface area (Å²) in [5.74, 6) is 0.843. The van der Waals surface area contributed by atoms with Crippen molar-refractivity contribution in [3.05, 3.63) is 170 Å². The van der Waals surface area contributed by atoms with E-state index < -0.39 is 0 Å². The van der Waals surface area contributed by atoms with Gasteiger partial charge in [0.2, 0.25) is 0 Å². The minimum Gasteiger partial charge on any atom is -0.456 e. The fourth-order valence-corrected chi connectivity index (χ4v) is 7.62. The standard InChI is InChI=1S/C46H28O2/c1-3-14-29(15-4-1)31-26-27-40-38(28-31)45(46(48-40)37-23-13-25-41-43(37)36-22-11-12-24-39(36)47-41)44-34-20-9-7-18-32(34)42(30-16-5-2-6-17-30)33-19-8-10-21-35(33)44/h1-28H. The molecule has 0 aliphatic carbocycles. The van der Waals surface area contributed by atoms with Gasteiger partial charge in [-0.2, -0.15) is 0 Å². The minimum absolute atomic E-state index is 0.843. The first kappa shape index (κ1) is 26.8. The lowest BCUT2D eigenvalue weighted by Crippen LogP contribution is -1.92. The normalized spacial score (nSPS) is 11.8. The zero-order valence-corrected chi connectivity index (χ0v) is 26.0. The zero-order chi connectivity index (χ0) is 31.6. The number of para-hydroxylation sites is 1. The van der Waals surface area contributed by atoms with Crippen molar-refractivity contribution >= 4 is 54.5 Å². The van der Waals surface area contributed by atoms with Gasteiger partial charge in [0.15, 0.2) is 0 Å². The van der Waals surface area contributed by atoms with E-state index >= 15 is 0 Å². The van der Waals surface area contributed by atoms with Gasteiger partial charge in [0.1, 0.15) is 22.5 Å². The molecule has 2 heteroatoms. The number of hydrogen-bond donors (Lipinski definition) is 0. The summed E-state index contributed by atoms with van der Waals surface area (Å²) in [4.78, 5) is 0. The Hall–Kier alpha value is -6.38. The fourth-order valence-electron chi connectivity index (χ4n) is 7.62. The van der Waals surface area contributed by atoms with Gasteiger partial charge in [-0.25, -0.2) is 0 Å². The summed E-state index contributed by atoms with van der Waals surface area (Å²) in [6.45, 7) is 0. The predicted octanol–water partition coefficient (Wildman–Crippen LogP) is 13.3. The first-order valence-electron chi connectivity index (χ1n) is 16.4. The summed E-state index contributed by atoms with van der Waals surface area (Å²) in [5, 5.41) is 8.02. The Morgan fingerprint density at radius 2 is 0.833 bits per heavy atom. The van der Waals surface area contributed by atoms with E-state index in [0.717, 1.165) is 55.4 Å². The maximum Gasteiger partial charge on any atom is 0.144 e. The van der Waals surface area contributed by atoms with E-state index in [9.17, 15) is 0 Å². The van der Waals surface area contributed by atoms with Gasteiger partial charge in [0, 0.05) is 32.8 Å². The van der Waals surface area contributed by atoms with Crippen LogP contribution in [0.1, 0.15) is 0 Å². The van der Waals surface area contributed by atoms with Crippen molar-refractivity contribution in [1.29, 1.82) is 0 Å². The molecule has 0 spiro atoms. The molecule has 2 nitrogen and oxygen atoms in total. The van der Waals surface area contributed by atoms with Crippen LogP contribution in [0.4, 0.5) is 0 Å². The molecule has 8 aromatic carbocycles. The van der Waals surface area contributed by atoms with Crippen molar-refractivity contribution in [2.24, 2.45) is 0 Å². The quantitative estimate of drug-likeness (QED) is 0.185. The second kappa shape index (κ2) is 10.6. The van der Waals surface area contributed by atoms with Crippen LogP contribution >= 0.6 is 0 Å². The van der Waals surface area contributed by atoms with Gasteiger partial charge in [-0.05, 0) is 68.1 Å². The molecule has 0 saturated carbocycles. The number of fused-ring (bicyclic) bond motifs is 6. The highest BCUT2D eigenvalue weighted by Gasteiger charge is 2.26. The van der Waals surface area contributed by atoms with Crippen molar-refractivity contribution in [3.63, 3.8) is 0 Å². The Morgan fingerprint density at radius 1 is 0.292 bits per heavy atom. The SMILES string of the molecule is c1ccc(-c2ccc3oc(-c4cccc5oc6ccccc6c45)c(-c4c5ccccc5c(-c5ccccc5)c5ccccc45)c3c2)cc1. The number of furan rings is 2. The van der Waals surface area contributed by atoms with Gasteiger partial charge in [-0.1, -0.05) is 146 Å². The van der Waals surface area contributed by atoms with E-state index in [2.05, 4.69) is 152 Å². The molecule has 0 aliphatic rings. The van der Waals surface area contributed by atoms with Crippen LogP contribution in [0.15, 0.2) is 179 Å². The first-order valence-corrected chi connectivity index (χ1v) is 16.4. The van der Waals surface area contributed by atoms with Crippen LogP contribution in [0.5, 0.6) is 0 Å². The van der Waals surface area contributed by atoms with Crippen molar-refractivity contribution in [2.45, 2.75) is 0 Å². The van der Waals surface area contributed by atoms with Crippen LogP contribution in [0.3, 0.4) is 0 Å². The molecule has 0 fully saturated rings. The van der Waals surface area contributed by atoms with E-state index in [0.29, 0.717) is 0 Å². The Balaban J connectivity index is 1.40. The van der Waals surface area contributed by atoms with E-state index in [-0.39, 0.29) is 0 Å². The second-order valence-corrected chi connectivity index (χ2v) is 12.4. The molecule has 0 saturated heterocycles. The highest BCUT2D eigenvalue weighted by atomic mass is 16.3. The molecule has 0 N–H and O–H groups in total. The summed E-state index contributed by atoms with van der Waals surface area (Å²) in [7, 11) is 0. The van der Waals surface area contributed by atoms with Crippen LogP contribution in [0, 0.1) is 0 Å². The molecule has 10 aromatic rings. The van der Waals surface area contributed by atoms with Gasteiger partial charge in [-0.3, -0.25) is 0 Å². The Labute approximate surface area is 277 Å². The highest BCUT2D eigenvalue weighted by Crippen LogP contribution is 2.51. The molecule has 0 atom stereocenters. The second-order valence-electron chi connectivity index (χ2n) is 12.4. The fraction of sp³-hybridized carbons (Fsp3) is 0. The predicted molar refractivity (Wildman–Crippen MR) is 200 cm³/mol. The van der Waals surface area contributed by atoms with Gasteiger partial charge >= 0.3 is 0 Å². The lowest BCUT2D eigenvalue weighted by atomic mass is 9.84. The highest BCUT2D eigenvalue weighted by molar-refractivity contribution is 6.26. The molecule has 0 radical (unpaired) electrons. The average molecular weight is 613 g/mol. The molecular formula is C46H28O2. The molecule has 48 heavy (non-hydrogen) atoms. The third kappa shape index (κ3) is 4.00. The topological polar surface area (TPSA) is 26.3 Å². The van der Waals surface area contributed by atoms with E-state index in [1.54, 1.807) is 0 Å². The van der Waals surface area contributed by atoms with Crippen LogP contribution in [0.25, 0.3) is 99.2 Å². The lowest BCUT2D eigenvalue weighted by molar-refractivity contribution is 0.633. The van der Waals surface area contributed by atoms with E-state index in [1.807, 2.05) is 18.2 Å². The zero-order valence-electron chi connectivity index (χ0n) is 26.0. The molecule has 0 amide bonds. The van der Waals surface area contributed by atoms with Crippen molar-refractivity contribution in [3.8, 4) is 44.7 Å². The Morgan fingerprint density at radius 3 is 1.52 bits per heavy atom. The summed E-state index contributed by atoms with van der Waals surface area (Å²) in [5.41, 5.74) is 10.6. The molecule has 10 rings (SSSR count). The molecule has 224 valence electrons. The average Bonchev–Trinajstić information content (AvgIpc) is 3.73. The molecule has 0 unspecified atom stereocenters. The van der Waals surface area contributed by atoms with E-state index in [1.165, 1.54) is 43.8 Å². The van der Waals surface area contributed by atoms with Crippen molar-refractivity contribution in [1.82, 2.24) is 0 Å². The van der Waals surface area contributed by atoms with Gasteiger partial charge < -0.3 is 8.83 Å². The van der Waals surface area contributed by atoms with Crippen LogP contribution in [-0.2, 0) is 0 Å². The maximum atomic E-state index is 7.03. The molecule has 2 aromatic heterocycles. The smallest absolute Gasteiger partial charge is 0.144 e. The van der Waals surface area contributed by atoms with Crippen LogP contribution in [-0.4, -0.2) is 0 Å². The van der Waals surface area contributed by atoms with Gasteiger partial charge in [0.05, 0.1) is 0 Å². The third-order valence-corrected chi connectivity index (χ3v) is 9.69. The maximum absolute atomic E-state index is 7.03. The molecular weight excluding hydrogens is 585 g/mol. The van der Waals surface area contributed by atoms with Crippen LogP contribution < -0.4 is 0 Å². The summed E-state index contributed by atoms with van der Waals surface area (Å²) in [6.07, 6.45) is 0. The monoisotopic (exact) mass is 612 g/mol. The lowest BCUT2D eigenvalue weighted by Gasteiger charge is -2.18. The Kier molecular flexibility index (Phi) is 5.91. The number of benzene rings is 8. The minimum atomic E-state index is 0.843. The first-order chi connectivity index (χ1) is 23.8. The number of rotatable bonds is 4. The van der Waals surface area contributed by atoms with Crippen molar-refractivity contribution < 1.29 is 8.83 Å². The molecule has 0 aliphatic heterocycles. The molecule has 2 heterocycles. The third-order valence-electron chi connectivity index (χ3n) is 9.69. The van der Waals surface area contributed by atoms with Crippen molar-refractivity contribution in [2.75, 3.05) is 0 Å². The molecule has 0 bridgehead atoms. The summed E-state index contributed by atoms with van der Waals surface area (Å²) in [6, 6.07) is 60.1. The summed E-state index contributed by atoms with van der Waals surface area (Å²) < 4.78 is 13.4. The van der Waals surface area contributed by atoms with Gasteiger partial charge in [-0.15, -0.1) is 0 Å².